The van der Waals surface area contributed by atoms with Crippen LogP contribution in [-0.2, 0) is 22.5 Å². The molecule has 0 atom stereocenters. The number of nitrogens with one attached hydrogen (secondary N) is 1. The second kappa shape index (κ2) is 9.43. The maximum Gasteiger partial charge on any atom is 0.338 e. The molecule has 0 aliphatic carbocycles. The highest BCUT2D eigenvalue weighted by Crippen LogP contribution is 2.33. The minimum Gasteiger partial charge on any atom is -0.493 e. The lowest BCUT2D eigenvalue weighted by atomic mass is 9.99. The summed E-state index contributed by atoms with van der Waals surface area (Å²) < 4.78 is 15.7. The summed E-state index contributed by atoms with van der Waals surface area (Å²) in [4.78, 5) is 26.2. The molecule has 0 unspecified atom stereocenters. The maximum absolute atomic E-state index is 12.4. The second-order valence-corrected chi connectivity index (χ2v) is 6.78. The number of anilines is 1. The van der Waals surface area contributed by atoms with Crippen molar-refractivity contribution in [1.82, 2.24) is 4.90 Å². The summed E-state index contributed by atoms with van der Waals surface area (Å²) in [5.74, 6) is 0.949. The normalized spacial score (nSPS) is 13.3. The van der Waals surface area contributed by atoms with E-state index in [1.807, 2.05) is 12.1 Å². The summed E-state index contributed by atoms with van der Waals surface area (Å²) in [7, 11) is 3.24. The Bertz CT molecular complexity index is 880. The molecule has 0 aromatic heterocycles. The van der Waals surface area contributed by atoms with E-state index >= 15 is 0 Å². The molecule has 154 valence electrons. The summed E-state index contributed by atoms with van der Waals surface area (Å²) >= 11 is 0. The van der Waals surface area contributed by atoms with Crippen LogP contribution in [0.25, 0.3) is 0 Å². The Hall–Kier alpha value is -3.06. The molecule has 1 N–H and O–H groups in total. The van der Waals surface area contributed by atoms with Gasteiger partial charge in [0.1, 0.15) is 0 Å². The lowest BCUT2D eigenvalue weighted by molar-refractivity contribution is -0.117. The molecule has 0 saturated heterocycles. The number of amides is 1. The highest BCUT2D eigenvalue weighted by Gasteiger charge is 2.21. The molecule has 2 aromatic rings. The Morgan fingerprint density at radius 3 is 2.31 bits per heavy atom. The summed E-state index contributed by atoms with van der Waals surface area (Å²) in [5.41, 5.74) is 3.46. The van der Waals surface area contributed by atoms with E-state index in [4.69, 9.17) is 14.2 Å². The summed E-state index contributed by atoms with van der Waals surface area (Å²) in [6.07, 6.45) is 0.844. The molecule has 0 fully saturated rings. The molecule has 1 aliphatic heterocycles. The first kappa shape index (κ1) is 20.7. The van der Waals surface area contributed by atoms with E-state index in [0.717, 1.165) is 24.3 Å². The average Bonchev–Trinajstić information content (AvgIpc) is 2.73. The molecule has 0 radical (unpaired) electrons. The molecule has 1 aliphatic rings. The van der Waals surface area contributed by atoms with Gasteiger partial charge in [-0.15, -0.1) is 0 Å². The zero-order valence-corrected chi connectivity index (χ0v) is 17.0. The first-order valence-corrected chi connectivity index (χ1v) is 9.57. The third kappa shape index (κ3) is 5.06. The largest absolute Gasteiger partial charge is 0.493 e. The van der Waals surface area contributed by atoms with Crippen LogP contribution in [0.2, 0.25) is 0 Å². The summed E-state index contributed by atoms with van der Waals surface area (Å²) in [6.45, 7) is 3.84. The number of methoxy groups -OCH3 is 2. The standard InChI is InChI=1S/C22H26N2O5/c1-4-29-22(26)15-5-7-18(8-6-15)23-21(25)14-24-10-9-16-11-19(27-2)20(28-3)12-17(16)13-24/h5-8,11-12H,4,9-10,13-14H2,1-3H3,(H,23,25). The van der Waals surface area contributed by atoms with Gasteiger partial charge in [-0.1, -0.05) is 0 Å². The van der Waals surface area contributed by atoms with E-state index in [2.05, 4.69) is 10.2 Å². The molecule has 2 aromatic carbocycles. The van der Waals surface area contributed by atoms with Crippen molar-refractivity contribution in [3.05, 3.63) is 53.1 Å². The molecular weight excluding hydrogens is 372 g/mol. The zero-order valence-electron chi connectivity index (χ0n) is 17.0. The molecule has 1 amide bonds. The summed E-state index contributed by atoms with van der Waals surface area (Å²) in [5, 5.41) is 2.87. The molecule has 0 spiro atoms. The Balaban J connectivity index is 1.58. The molecule has 1 heterocycles. The van der Waals surface area contributed by atoms with E-state index in [1.54, 1.807) is 45.4 Å². The number of ether oxygens (including phenoxy) is 3. The molecule has 3 rings (SSSR count). The number of hydrogen-bond donors (Lipinski definition) is 1. The van der Waals surface area contributed by atoms with Gasteiger partial charge in [-0.25, -0.2) is 4.79 Å². The van der Waals surface area contributed by atoms with Gasteiger partial charge >= 0.3 is 5.97 Å². The third-order valence-electron chi connectivity index (χ3n) is 4.84. The van der Waals surface area contributed by atoms with Gasteiger partial charge in [-0.2, -0.15) is 0 Å². The van der Waals surface area contributed by atoms with Crippen LogP contribution >= 0.6 is 0 Å². The lowest BCUT2D eigenvalue weighted by Gasteiger charge is -2.29. The number of carbonyl (C=O) groups excluding carboxylic acids is 2. The fourth-order valence-electron chi connectivity index (χ4n) is 3.38. The second-order valence-electron chi connectivity index (χ2n) is 6.78. The Morgan fingerprint density at radius 2 is 1.69 bits per heavy atom. The quantitative estimate of drug-likeness (QED) is 0.723. The van der Waals surface area contributed by atoms with Crippen molar-refractivity contribution in [1.29, 1.82) is 0 Å². The number of fused-ring (bicyclic) bond motifs is 1. The van der Waals surface area contributed by atoms with Gasteiger partial charge in [0, 0.05) is 18.8 Å². The lowest BCUT2D eigenvalue weighted by Crippen LogP contribution is -2.37. The van der Waals surface area contributed by atoms with E-state index in [9.17, 15) is 9.59 Å². The van der Waals surface area contributed by atoms with Gasteiger partial charge in [0.2, 0.25) is 5.91 Å². The van der Waals surface area contributed by atoms with Crippen LogP contribution in [-0.4, -0.2) is 50.7 Å². The van der Waals surface area contributed by atoms with Gasteiger partial charge in [0.15, 0.2) is 11.5 Å². The van der Waals surface area contributed by atoms with E-state index in [-0.39, 0.29) is 18.4 Å². The topological polar surface area (TPSA) is 77.1 Å². The van der Waals surface area contributed by atoms with Crippen LogP contribution in [0.4, 0.5) is 5.69 Å². The van der Waals surface area contributed by atoms with Crippen molar-refractivity contribution in [2.75, 3.05) is 39.2 Å². The van der Waals surface area contributed by atoms with Gasteiger partial charge in [-0.05, 0) is 60.9 Å². The Morgan fingerprint density at radius 1 is 1.03 bits per heavy atom. The van der Waals surface area contributed by atoms with Crippen molar-refractivity contribution in [2.24, 2.45) is 0 Å². The average molecular weight is 398 g/mol. The van der Waals surface area contributed by atoms with Crippen molar-refractivity contribution in [3.63, 3.8) is 0 Å². The maximum atomic E-state index is 12.4. The highest BCUT2D eigenvalue weighted by molar-refractivity contribution is 5.94. The van der Waals surface area contributed by atoms with Crippen LogP contribution < -0.4 is 14.8 Å². The van der Waals surface area contributed by atoms with Crippen LogP contribution in [0.3, 0.4) is 0 Å². The SMILES string of the molecule is CCOC(=O)c1ccc(NC(=O)CN2CCc3cc(OC)c(OC)cc3C2)cc1. The van der Waals surface area contributed by atoms with Crippen LogP contribution in [0.15, 0.2) is 36.4 Å². The van der Waals surface area contributed by atoms with Gasteiger partial charge in [0.05, 0.1) is 32.9 Å². The van der Waals surface area contributed by atoms with Crippen molar-refractivity contribution in [3.8, 4) is 11.5 Å². The molecule has 0 bridgehead atoms. The number of carbonyl (C=O) groups is 2. The molecule has 0 saturated carbocycles. The fraction of sp³-hybridized carbons (Fsp3) is 0.364. The van der Waals surface area contributed by atoms with Crippen molar-refractivity contribution in [2.45, 2.75) is 19.9 Å². The fourth-order valence-corrected chi connectivity index (χ4v) is 3.38. The predicted octanol–water partition coefficient (Wildman–Crippen LogP) is 2.88. The van der Waals surface area contributed by atoms with Crippen LogP contribution in [0.5, 0.6) is 11.5 Å². The van der Waals surface area contributed by atoms with Crippen molar-refractivity contribution < 1.29 is 23.8 Å². The van der Waals surface area contributed by atoms with Crippen LogP contribution in [0, 0.1) is 0 Å². The molecule has 7 heteroatoms. The number of benzene rings is 2. The first-order chi connectivity index (χ1) is 14.0. The highest BCUT2D eigenvalue weighted by atomic mass is 16.5. The van der Waals surface area contributed by atoms with Gasteiger partial charge in [0.25, 0.3) is 0 Å². The molecule has 7 nitrogen and oxygen atoms in total. The Kier molecular flexibility index (Phi) is 6.72. The van der Waals surface area contributed by atoms with E-state index in [1.165, 1.54) is 5.56 Å². The molecular formula is C22H26N2O5. The minimum atomic E-state index is -0.371. The monoisotopic (exact) mass is 398 g/mol. The number of esters is 1. The van der Waals surface area contributed by atoms with Crippen molar-refractivity contribution >= 4 is 17.6 Å². The van der Waals surface area contributed by atoms with Crippen LogP contribution in [0.1, 0.15) is 28.4 Å². The zero-order chi connectivity index (χ0) is 20.8. The smallest absolute Gasteiger partial charge is 0.338 e. The Labute approximate surface area is 170 Å². The van der Waals surface area contributed by atoms with E-state index in [0.29, 0.717) is 30.2 Å². The minimum absolute atomic E-state index is 0.0992. The summed E-state index contributed by atoms with van der Waals surface area (Å²) in [6, 6.07) is 10.7. The third-order valence-corrected chi connectivity index (χ3v) is 4.84. The number of rotatable bonds is 7. The first-order valence-electron chi connectivity index (χ1n) is 9.57. The number of nitrogens with zero attached hydrogens (tertiary/aromatic N) is 1. The van der Waals surface area contributed by atoms with Gasteiger partial charge in [-0.3, -0.25) is 9.69 Å². The van der Waals surface area contributed by atoms with Gasteiger partial charge < -0.3 is 19.5 Å². The van der Waals surface area contributed by atoms with E-state index < -0.39 is 0 Å². The predicted molar refractivity (Wildman–Crippen MR) is 110 cm³/mol. The molecule has 29 heavy (non-hydrogen) atoms. The number of hydrogen-bond acceptors (Lipinski definition) is 6.